The molecule has 0 spiro atoms. The molecule has 2 amide bonds. The highest BCUT2D eigenvalue weighted by Crippen LogP contribution is 2.16. The summed E-state index contributed by atoms with van der Waals surface area (Å²) >= 11 is 0. The zero-order valence-corrected chi connectivity index (χ0v) is 13.6. The molecular formula is C13H22N2O6S. The van der Waals surface area contributed by atoms with E-state index in [1.165, 1.54) is 18.9 Å². The molecule has 8 nitrogen and oxygen atoms in total. The fourth-order valence-corrected chi connectivity index (χ4v) is 3.00. The second-order valence-electron chi connectivity index (χ2n) is 5.44. The molecule has 1 atom stereocenters. The highest BCUT2D eigenvalue weighted by atomic mass is 32.2. The molecule has 9 heteroatoms. The SMILES string of the molecule is CCS(=O)(=O)CC(=O)N(C)CC(=O)N1CCCC(C(=O)O)C1. The maximum Gasteiger partial charge on any atom is 0.308 e. The Balaban J connectivity index is 2.56. The van der Waals surface area contributed by atoms with Gasteiger partial charge in [-0.05, 0) is 12.8 Å². The predicted octanol–water partition coefficient (Wildman–Crippen LogP) is -0.797. The standard InChI is InChI=1S/C13H22N2O6S/c1-3-22(20,21)9-12(17)14(2)8-11(16)15-6-4-5-10(7-15)13(18)19/h10H,3-9H2,1-2H3,(H,18,19). The fraction of sp³-hybridized carbons (Fsp3) is 0.769. The van der Waals surface area contributed by atoms with E-state index < -0.39 is 33.4 Å². The number of carboxylic acid groups (broad SMARTS) is 1. The van der Waals surface area contributed by atoms with E-state index in [0.29, 0.717) is 19.4 Å². The summed E-state index contributed by atoms with van der Waals surface area (Å²) in [6, 6.07) is 0. The summed E-state index contributed by atoms with van der Waals surface area (Å²) in [4.78, 5) is 37.4. The van der Waals surface area contributed by atoms with Crippen molar-refractivity contribution in [2.45, 2.75) is 19.8 Å². The summed E-state index contributed by atoms with van der Waals surface area (Å²) in [6.45, 7) is 1.79. The minimum absolute atomic E-state index is 0.128. The molecule has 126 valence electrons. The number of rotatable bonds is 6. The third-order valence-corrected chi connectivity index (χ3v) is 5.27. The normalized spacial score (nSPS) is 18.8. The number of nitrogens with zero attached hydrogens (tertiary/aromatic N) is 2. The van der Waals surface area contributed by atoms with E-state index >= 15 is 0 Å². The number of piperidine rings is 1. The lowest BCUT2D eigenvalue weighted by Gasteiger charge is -2.32. The van der Waals surface area contributed by atoms with Crippen molar-refractivity contribution >= 4 is 27.6 Å². The molecule has 0 bridgehead atoms. The van der Waals surface area contributed by atoms with Gasteiger partial charge in [-0.2, -0.15) is 0 Å². The lowest BCUT2D eigenvalue weighted by molar-refractivity contribution is -0.147. The van der Waals surface area contributed by atoms with Crippen LogP contribution in [0.3, 0.4) is 0 Å². The molecule has 0 radical (unpaired) electrons. The number of carbonyl (C=O) groups excluding carboxylic acids is 2. The molecule has 0 aromatic heterocycles. The van der Waals surface area contributed by atoms with Crippen molar-refractivity contribution in [3.63, 3.8) is 0 Å². The van der Waals surface area contributed by atoms with Gasteiger partial charge in [-0.25, -0.2) is 8.42 Å². The summed E-state index contributed by atoms with van der Waals surface area (Å²) in [6.07, 6.45) is 1.13. The molecular weight excluding hydrogens is 312 g/mol. The van der Waals surface area contributed by atoms with Crippen molar-refractivity contribution < 1.29 is 27.9 Å². The van der Waals surface area contributed by atoms with Gasteiger partial charge in [0.2, 0.25) is 11.8 Å². The Bertz CT molecular complexity index is 545. The van der Waals surface area contributed by atoms with Crippen LogP contribution in [-0.2, 0) is 24.2 Å². The number of amides is 2. The molecule has 1 N–H and O–H groups in total. The van der Waals surface area contributed by atoms with Crippen LogP contribution in [0.5, 0.6) is 0 Å². The van der Waals surface area contributed by atoms with E-state index in [-0.39, 0.29) is 24.7 Å². The van der Waals surface area contributed by atoms with Crippen LogP contribution in [0.25, 0.3) is 0 Å². The van der Waals surface area contributed by atoms with E-state index in [0.717, 1.165) is 4.90 Å². The molecule has 1 heterocycles. The molecule has 1 aliphatic rings. The quantitative estimate of drug-likeness (QED) is 0.681. The Labute approximate surface area is 130 Å². The van der Waals surface area contributed by atoms with Gasteiger partial charge in [0.25, 0.3) is 0 Å². The van der Waals surface area contributed by atoms with Crippen molar-refractivity contribution in [1.82, 2.24) is 9.80 Å². The average molecular weight is 334 g/mol. The number of likely N-dealkylation sites (tertiary alicyclic amines) is 1. The second-order valence-corrected chi connectivity index (χ2v) is 7.80. The highest BCUT2D eigenvalue weighted by Gasteiger charge is 2.29. The summed E-state index contributed by atoms with van der Waals surface area (Å²) in [7, 11) is -2.07. The highest BCUT2D eigenvalue weighted by molar-refractivity contribution is 7.92. The van der Waals surface area contributed by atoms with Gasteiger partial charge in [0.05, 0.1) is 12.5 Å². The van der Waals surface area contributed by atoms with Gasteiger partial charge in [0.15, 0.2) is 9.84 Å². The van der Waals surface area contributed by atoms with Crippen molar-refractivity contribution in [1.29, 1.82) is 0 Å². The monoisotopic (exact) mass is 334 g/mol. The van der Waals surface area contributed by atoms with Crippen LogP contribution in [0.2, 0.25) is 0 Å². The van der Waals surface area contributed by atoms with Gasteiger partial charge < -0.3 is 14.9 Å². The summed E-state index contributed by atoms with van der Waals surface area (Å²) in [5.41, 5.74) is 0. The van der Waals surface area contributed by atoms with Crippen molar-refractivity contribution in [2.75, 3.05) is 38.2 Å². The smallest absolute Gasteiger partial charge is 0.308 e. The number of aliphatic carboxylic acids is 1. The van der Waals surface area contributed by atoms with Gasteiger partial charge in [0, 0.05) is 25.9 Å². The van der Waals surface area contributed by atoms with Crippen LogP contribution in [0, 0.1) is 5.92 Å². The van der Waals surface area contributed by atoms with Crippen LogP contribution < -0.4 is 0 Å². The third-order valence-electron chi connectivity index (χ3n) is 3.70. The van der Waals surface area contributed by atoms with Crippen LogP contribution in [0.15, 0.2) is 0 Å². The molecule has 22 heavy (non-hydrogen) atoms. The summed E-state index contributed by atoms with van der Waals surface area (Å²) in [5, 5.41) is 8.99. The Morgan fingerprint density at radius 3 is 2.50 bits per heavy atom. The summed E-state index contributed by atoms with van der Waals surface area (Å²) < 4.78 is 22.8. The molecule has 1 aliphatic heterocycles. The van der Waals surface area contributed by atoms with E-state index in [1.807, 2.05) is 0 Å². The lowest BCUT2D eigenvalue weighted by Crippen LogP contribution is -2.47. The molecule has 0 aliphatic carbocycles. The lowest BCUT2D eigenvalue weighted by atomic mass is 9.98. The van der Waals surface area contributed by atoms with E-state index in [4.69, 9.17) is 5.11 Å². The molecule has 1 rings (SSSR count). The predicted molar refractivity (Wildman–Crippen MR) is 78.9 cm³/mol. The van der Waals surface area contributed by atoms with E-state index in [2.05, 4.69) is 0 Å². The number of hydrogen-bond acceptors (Lipinski definition) is 5. The molecule has 1 fully saturated rings. The average Bonchev–Trinajstić information content (AvgIpc) is 2.46. The van der Waals surface area contributed by atoms with Gasteiger partial charge in [-0.15, -0.1) is 0 Å². The third kappa shape index (κ3) is 5.28. The Hall–Kier alpha value is -1.64. The number of likely N-dealkylation sites (N-methyl/N-ethyl adjacent to an activating group) is 1. The van der Waals surface area contributed by atoms with Crippen molar-refractivity contribution in [3.05, 3.63) is 0 Å². The second kappa shape index (κ2) is 7.57. The Morgan fingerprint density at radius 1 is 1.32 bits per heavy atom. The maximum absolute atomic E-state index is 12.1. The first-order valence-corrected chi connectivity index (χ1v) is 8.93. The zero-order chi connectivity index (χ0) is 16.9. The maximum atomic E-state index is 12.1. The molecule has 1 saturated heterocycles. The number of carbonyl (C=O) groups is 3. The number of sulfone groups is 1. The molecule has 0 saturated carbocycles. The summed E-state index contributed by atoms with van der Waals surface area (Å²) in [5.74, 6) is -3.27. The minimum Gasteiger partial charge on any atom is -0.481 e. The van der Waals surface area contributed by atoms with Gasteiger partial charge >= 0.3 is 5.97 Å². The van der Waals surface area contributed by atoms with Crippen LogP contribution >= 0.6 is 0 Å². The van der Waals surface area contributed by atoms with Crippen molar-refractivity contribution in [3.8, 4) is 0 Å². The Morgan fingerprint density at radius 2 is 1.95 bits per heavy atom. The van der Waals surface area contributed by atoms with Crippen LogP contribution in [-0.4, -0.2) is 79.3 Å². The number of hydrogen-bond donors (Lipinski definition) is 1. The minimum atomic E-state index is -3.44. The Kier molecular flexibility index (Phi) is 6.34. The molecule has 1 unspecified atom stereocenters. The van der Waals surface area contributed by atoms with Gasteiger partial charge in [-0.3, -0.25) is 14.4 Å². The van der Waals surface area contributed by atoms with Crippen molar-refractivity contribution in [2.24, 2.45) is 5.92 Å². The van der Waals surface area contributed by atoms with Gasteiger partial charge in [0.1, 0.15) is 5.75 Å². The largest absolute Gasteiger partial charge is 0.481 e. The fourth-order valence-electron chi connectivity index (χ4n) is 2.20. The number of carboxylic acids is 1. The van der Waals surface area contributed by atoms with Crippen LogP contribution in [0.4, 0.5) is 0 Å². The first-order valence-electron chi connectivity index (χ1n) is 7.11. The van der Waals surface area contributed by atoms with Crippen LogP contribution in [0.1, 0.15) is 19.8 Å². The van der Waals surface area contributed by atoms with E-state index in [1.54, 1.807) is 0 Å². The zero-order valence-electron chi connectivity index (χ0n) is 12.8. The van der Waals surface area contributed by atoms with Gasteiger partial charge in [-0.1, -0.05) is 6.92 Å². The first-order chi connectivity index (χ1) is 10.2. The molecule has 0 aromatic rings. The topological polar surface area (TPSA) is 112 Å². The first kappa shape index (κ1) is 18.4. The molecule has 0 aromatic carbocycles. The van der Waals surface area contributed by atoms with E-state index in [9.17, 15) is 22.8 Å².